The van der Waals surface area contributed by atoms with Crippen LogP contribution < -0.4 is 10.6 Å². The molecule has 13 nitrogen and oxygen atoms in total. The molecule has 3 amide bonds. The third kappa shape index (κ3) is 7.57. The SMILES string of the molecule is CCCC(=O)N1CCCC([C@@H]2CC2(NC(=O)/C=C/c2cc(Cl)ccc2-n2cnnn2)c2cc(-c3ccc(NC(=O)OC)cc3)c(Cl)nn2)C1. The number of nitrogens with zero attached hydrogens (tertiary/aromatic N) is 7. The number of carbonyl (C=O) groups excluding carboxylic acids is 3. The molecule has 1 saturated heterocycles. The molecule has 2 aliphatic rings. The lowest BCUT2D eigenvalue weighted by molar-refractivity contribution is -0.133. The van der Waals surface area contributed by atoms with E-state index in [1.54, 1.807) is 36.4 Å². The second-order valence-corrected chi connectivity index (χ2v) is 13.0. The van der Waals surface area contributed by atoms with E-state index in [-0.39, 0.29) is 28.8 Å². The lowest BCUT2D eigenvalue weighted by atomic mass is 9.89. The van der Waals surface area contributed by atoms with E-state index in [1.165, 1.54) is 24.2 Å². The largest absolute Gasteiger partial charge is 0.453 e. The van der Waals surface area contributed by atoms with E-state index in [1.807, 2.05) is 30.0 Å². The van der Waals surface area contributed by atoms with Crippen molar-refractivity contribution in [1.29, 1.82) is 0 Å². The fourth-order valence-electron chi connectivity index (χ4n) is 6.56. The van der Waals surface area contributed by atoms with E-state index in [0.717, 1.165) is 31.4 Å². The maximum Gasteiger partial charge on any atom is 0.411 e. The number of piperidine rings is 1. The Kier molecular flexibility index (Phi) is 10.2. The summed E-state index contributed by atoms with van der Waals surface area (Å²) in [6.45, 7) is 3.36. The van der Waals surface area contributed by atoms with E-state index in [9.17, 15) is 14.4 Å². The molecule has 1 saturated carbocycles. The van der Waals surface area contributed by atoms with Crippen molar-refractivity contribution in [2.24, 2.45) is 11.8 Å². The van der Waals surface area contributed by atoms with Gasteiger partial charge in [0, 0.05) is 47.4 Å². The Morgan fingerprint density at radius 1 is 1.10 bits per heavy atom. The lowest BCUT2D eigenvalue weighted by Gasteiger charge is -2.34. The summed E-state index contributed by atoms with van der Waals surface area (Å²) in [7, 11) is 1.29. The molecule has 2 fully saturated rings. The molecule has 2 unspecified atom stereocenters. The van der Waals surface area contributed by atoms with Crippen LogP contribution in [0.3, 0.4) is 0 Å². The van der Waals surface area contributed by atoms with E-state index in [4.69, 9.17) is 23.2 Å². The summed E-state index contributed by atoms with van der Waals surface area (Å²) in [4.78, 5) is 40.2. The molecule has 1 aliphatic heterocycles. The molecule has 1 aliphatic carbocycles. The van der Waals surface area contributed by atoms with Crippen LogP contribution in [0.1, 0.15) is 50.3 Å². The molecule has 0 radical (unpaired) electrons. The molecule has 6 rings (SSSR count). The Morgan fingerprint density at radius 3 is 2.65 bits per heavy atom. The molecule has 2 aromatic carbocycles. The number of halogens is 2. The molecule has 49 heavy (non-hydrogen) atoms. The van der Waals surface area contributed by atoms with Gasteiger partial charge in [-0.25, -0.2) is 4.79 Å². The molecular weight excluding hydrogens is 669 g/mol. The standard InChI is InChI=1S/C34H35Cl2N9O4/c1-3-5-31(47)44-15-4-6-23(19-44)27-18-34(27,39-30(46)14-9-22-16-24(35)10-13-28(22)45-20-37-42-43-45)29-17-26(32(36)41-40-29)21-7-11-25(12-8-21)38-33(48)49-2/h7-14,16-17,20,23,27H,3-6,15,18-19H2,1-2H3,(H,38,48)(H,39,46)/b14-9+/t23?,27-,34?/m0/s1. The highest BCUT2D eigenvalue weighted by molar-refractivity contribution is 6.32. The van der Waals surface area contributed by atoms with Crippen LogP contribution in [0, 0.1) is 11.8 Å². The third-order valence-corrected chi connectivity index (χ3v) is 9.55. The van der Waals surface area contributed by atoms with Crippen molar-refractivity contribution in [2.75, 3.05) is 25.5 Å². The number of amides is 3. The predicted octanol–water partition coefficient (Wildman–Crippen LogP) is 5.69. The number of anilines is 1. The number of hydrogen-bond acceptors (Lipinski definition) is 9. The number of tetrazole rings is 1. The highest BCUT2D eigenvalue weighted by atomic mass is 35.5. The summed E-state index contributed by atoms with van der Waals surface area (Å²) in [5.41, 5.74) is 2.96. The Bertz CT molecular complexity index is 1870. The van der Waals surface area contributed by atoms with E-state index < -0.39 is 11.6 Å². The van der Waals surface area contributed by atoms with Crippen molar-refractivity contribution in [3.05, 3.63) is 82.4 Å². The third-order valence-electron chi connectivity index (χ3n) is 9.04. The van der Waals surface area contributed by atoms with Crippen molar-refractivity contribution < 1.29 is 19.1 Å². The first-order chi connectivity index (χ1) is 23.7. The van der Waals surface area contributed by atoms with Gasteiger partial charge in [-0.2, -0.15) is 9.78 Å². The van der Waals surface area contributed by atoms with Gasteiger partial charge in [-0.3, -0.25) is 14.9 Å². The minimum Gasteiger partial charge on any atom is -0.453 e. The number of hydrogen-bond donors (Lipinski definition) is 2. The van der Waals surface area contributed by atoms with Crippen LogP contribution in [0.15, 0.2) is 60.9 Å². The minimum absolute atomic E-state index is 0.0139. The zero-order valence-electron chi connectivity index (χ0n) is 27.0. The molecule has 3 heterocycles. The number of rotatable bonds is 10. The number of carbonyl (C=O) groups is 3. The summed E-state index contributed by atoms with van der Waals surface area (Å²) in [6, 6.07) is 14.2. The summed E-state index contributed by atoms with van der Waals surface area (Å²) >= 11 is 12.9. The van der Waals surface area contributed by atoms with Crippen LogP contribution in [0.4, 0.5) is 10.5 Å². The van der Waals surface area contributed by atoms with Gasteiger partial charge in [0.2, 0.25) is 11.8 Å². The van der Waals surface area contributed by atoms with Gasteiger partial charge in [-0.15, -0.1) is 10.2 Å². The van der Waals surface area contributed by atoms with Gasteiger partial charge in [0.15, 0.2) is 5.15 Å². The lowest BCUT2D eigenvalue weighted by Crippen LogP contribution is -2.43. The molecule has 15 heteroatoms. The maximum atomic E-state index is 13.7. The minimum atomic E-state index is -0.839. The Morgan fingerprint density at radius 2 is 1.92 bits per heavy atom. The molecule has 2 aromatic heterocycles. The van der Waals surface area contributed by atoms with Crippen molar-refractivity contribution in [3.8, 4) is 16.8 Å². The smallest absolute Gasteiger partial charge is 0.411 e. The monoisotopic (exact) mass is 703 g/mol. The summed E-state index contributed by atoms with van der Waals surface area (Å²) in [6.07, 6.45) is 7.74. The van der Waals surface area contributed by atoms with Crippen molar-refractivity contribution in [1.82, 2.24) is 40.6 Å². The first-order valence-corrected chi connectivity index (χ1v) is 16.8. The van der Waals surface area contributed by atoms with Crippen LogP contribution >= 0.6 is 23.2 Å². The van der Waals surface area contributed by atoms with Gasteiger partial charge in [0.25, 0.3) is 0 Å². The zero-order chi connectivity index (χ0) is 34.5. The highest BCUT2D eigenvalue weighted by Crippen LogP contribution is 2.57. The first-order valence-electron chi connectivity index (χ1n) is 16.0. The van der Waals surface area contributed by atoms with Gasteiger partial charge >= 0.3 is 6.09 Å². The fourth-order valence-corrected chi connectivity index (χ4v) is 6.94. The summed E-state index contributed by atoms with van der Waals surface area (Å²) in [5.74, 6) is -0.0109. The highest BCUT2D eigenvalue weighted by Gasteiger charge is 2.61. The molecule has 0 bridgehead atoms. The molecule has 2 N–H and O–H groups in total. The van der Waals surface area contributed by atoms with Crippen molar-refractivity contribution in [3.63, 3.8) is 0 Å². The number of aromatic nitrogens is 6. The maximum absolute atomic E-state index is 13.7. The van der Waals surface area contributed by atoms with Crippen LogP contribution in [-0.4, -0.2) is 73.4 Å². The molecule has 254 valence electrons. The number of methoxy groups -OCH3 is 1. The van der Waals surface area contributed by atoms with Gasteiger partial charge in [-0.05, 0) is 96.0 Å². The molecular formula is C34H35Cl2N9O4. The predicted molar refractivity (Wildman–Crippen MR) is 184 cm³/mol. The molecule has 3 atom stereocenters. The van der Waals surface area contributed by atoms with Crippen molar-refractivity contribution >= 4 is 52.9 Å². The van der Waals surface area contributed by atoms with E-state index in [2.05, 4.69) is 41.1 Å². The van der Waals surface area contributed by atoms with Gasteiger partial charge in [0.05, 0.1) is 24.0 Å². The van der Waals surface area contributed by atoms with Crippen LogP contribution in [0.5, 0.6) is 0 Å². The van der Waals surface area contributed by atoms with Gasteiger partial charge in [-0.1, -0.05) is 42.3 Å². The fraction of sp³-hybridized carbons (Fsp3) is 0.353. The molecule has 4 aromatic rings. The van der Waals surface area contributed by atoms with Crippen LogP contribution in [-0.2, 0) is 19.9 Å². The van der Waals surface area contributed by atoms with Crippen LogP contribution in [0.25, 0.3) is 22.9 Å². The topological polar surface area (TPSA) is 157 Å². The van der Waals surface area contributed by atoms with E-state index >= 15 is 0 Å². The second-order valence-electron chi connectivity index (χ2n) is 12.2. The Hall–Kier alpha value is -4.88. The number of likely N-dealkylation sites (tertiary alicyclic amines) is 1. The molecule has 0 spiro atoms. The zero-order valence-corrected chi connectivity index (χ0v) is 28.5. The quantitative estimate of drug-likeness (QED) is 0.198. The summed E-state index contributed by atoms with van der Waals surface area (Å²) < 4.78 is 6.17. The average Bonchev–Trinajstić information content (AvgIpc) is 3.56. The summed E-state index contributed by atoms with van der Waals surface area (Å²) in [5, 5.41) is 26.8. The second kappa shape index (κ2) is 14.7. The van der Waals surface area contributed by atoms with E-state index in [0.29, 0.717) is 52.6 Å². The van der Waals surface area contributed by atoms with Crippen LogP contribution in [0.2, 0.25) is 10.2 Å². The number of ether oxygens (including phenoxy) is 1. The first kappa shape index (κ1) is 34.0. The van der Waals surface area contributed by atoms with Gasteiger partial charge in [0.1, 0.15) is 6.33 Å². The van der Waals surface area contributed by atoms with Gasteiger partial charge < -0.3 is 15.0 Å². The number of benzene rings is 2. The Balaban J connectivity index is 1.31. The normalized spacial score (nSPS) is 20.2. The van der Waals surface area contributed by atoms with Crippen molar-refractivity contribution in [2.45, 2.75) is 44.6 Å². The average molecular weight is 705 g/mol. The number of nitrogens with one attached hydrogen (secondary N) is 2. The Labute approximate surface area is 293 Å².